The molecule has 0 saturated carbocycles. The second-order valence-corrected chi connectivity index (χ2v) is 9.48. The Morgan fingerprint density at radius 3 is 2.23 bits per heavy atom. The SMILES string of the molecule is C/C=C\C.CC.O=C(NC(c1ccc(Cl)cc1)c1ccccn1)C1CCN(CCCOc2ccccc2)CC1. The summed E-state index contributed by atoms with van der Waals surface area (Å²) in [5.74, 6) is 1.02. The molecule has 0 aliphatic carbocycles. The van der Waals surface area contributed by atoms with Gasteiger partial charge in [0.15, 0.2) is 0 Å². The molecule has 5 nitrogen and oxygen atoms in total. The van der Waals surface area contributed by atoms with Crippen molar-refractivity contribution >= 4 is 17.5 Å². The van der Waals surface area contributed by atoms with Crippen molar-refractivity contribution < 1.29 is 9.53 Å². The van der Waals surface area contributed by atoms with E-state index in [1.165, 1.54) is 0 Å². The molecule has 1 aliphatic heterocycles. The number of carbonyl (C=O) groups is 1. The Morgan fingerprint density at radius 2 is 1.64 bits per heavy atom. The van der Waals surface area contributed by atoms with Crippen molar-refractivity contribution in [3.05, 3.63) is 107 Å². The molecule has 1 unspecified atom stereocenters. The van der Waals surface area contributed by atoms with E-state index < -0.39 is 0 Å². The van der Waals surface area contributed by atoms with Gasteiger partial charge in [-0.1, -0.05) is 74.0 Å². The summed E-state index contributed by atoms with van der Waals surface area (Å²) in [7, 11) is 0. The monoisotopic (exact) mass is 549 g/mol. The summed E-state index contributed by atoms with van der Waals surface area (Å²) in [5.41, 5.74) is 1.80. The number of hydrogen-bond acceptors (Lipinski definition) is 4. The number of allylic oxidation sites excluding steroid dienone is 2. The van der Waals surface area contributed by atoms with Gasteiger partial charge in [-0.3, -0.25) is 9.78 Å². The molecule has 1 fully saturated rings. The summed E-state index contributed by atoms with van der Waals surface area (Å²) in [5, 5.41) is 3.91. The first-order valence-electron chi connectivity index (χ1n) is 14.0. The second kappa shape index (κ2) is 19.0. The zero-order valence-electron chi connectivity index (χ0n) is 23.9. The third-order valence-corrected chi connectivity index (χ3v) is 6.65. The number of hydrogen-bond donors (Lipinski definition) is 1. The maximum Gasteiger partial charge on any atom is 0.224 e. The van der Waals surface area contributed by atoms with E-state index >= 15 is 0 Å². The van der Waals surface area contributed by atoms with E-state index in [1.54, 1.807) is 6.20 Å². The normalized spacial score (nSPS) is 14.4. The Bertz CT molecular complexity index is 1060. The smallest absolute Gasteiger partial charge is 0.224 e. The van der Waals surface area contributed by atoms with Gasteiger partial charge in [0.25, 0.3) is 0 Å². The lowest BCUT2D eigenvalue weighted by atomic mass is 9.94. The summed E-state index contributed by atoms with van der Waals surface area (Å²) < 4.78 is 5.79. The van der Waals surface area contributed by atoms with Gasteiger partial charge in [-0.05, 0) is 88.2 Å². The molecule has 2 aromatic carbocycles. The number of carbonyl (C=O) groups excluding carboxylic acids is 1. The molecule has 4 rings (SSSR count). The minimum absolute atomic E-state index is 0.0142. The minimum atomic E-state index is -0.288. The predicted octanol–water partition coefficient (Wildman–Crippen LogP) is 7.73. The molecule has 0 spiro atoms. The average molecular weight is 550 g/mol. The fourth-order valence-electron chi connectivity index (χ4n) is 4.20. The van der Waals surface area contributed by atoms with E-state index in [0.717, 1.165) is 55.9 Å². The highest BCUT2D eigenvalue weighted by molar-refractivity contribution is 6.30. The molecule has 210 valence electrons. The van der Waals surface area contributed by atoms with Crippen LogP contribution in [0, 0.1) is 5.92 Å². The highest BCUT2D eigenvalue weighted by Crippen LogP contribution is 2.25. The average Bonchev–Trinajstić information content (AvgIpc) is 3.01. The molecule has 1 amide bonds. The summed E-state index contributed by atoms with van der Waals surface area (Å²) >= 11 is 6.06. The minimum Gasteiger partial charge on any atom is -0.494 e. The first-order valence-corrected chi connectivity index (χ1v) is 14.4. The first-order chi connectivity index (χ1) is 19.1. The van der Waals surface area contributed by atoms with Crippen molar-refractivity contribution in [2.45, 2.75) is 53.0 Å². The van der Waals surface area contributed by atoms with Crippen molar-refractivity contribution in [1.82, 2.24) is 15.2 Å². The number of para-hydroxylation sites is 1. The topological polar surface area (TPSA) is 54.5 Å². The zero-order valence-corrected chi connectivity index (χ0v) is 24.6. The molecule has 1 aliphatic rings. The van der Waals surface area contributed by atoms with Gasteiger partial charge >= 0.3 is 0 Å². The maximum absolute atomic E-state index is 13.1. The van der Waals surface area contributed by atoms with Crippen molar-refractivity contribution in [2.24, 2.45) is 5.92 Å². The standard InChI is InChI=1S/C27H30ClN3O2.C4H8.C2H6/c28-23-12-10-21(11-13-23)26(25-9-4-5-16-29-25)30-27(32)22-14-18-31(19-15-22)17-6-20-33-24-7-2-1-3-8-24;1-3-4-2;1-2/h1-5,7-13,16,22,26H,6,14-15,17-20H2,(H,30,32);3-4H,1-2H3;1-2H3/b;4-3-;. The van der Waals surface area contributed by atoms with Crippen molar-refractivity contribution in [3.63, 3.8) is 0 Å². The molecule has 1 atom stereocenters. The Hall–Kier alpha value is -3.15. The van der Waals surface area contributed by atoms with E-state index in [4.69, 9.17) is 16.3 Å². The van der Waals surface area contributed by atoms with Crippen LogP contribution >= 0.6 is 11.6 Å². The molecule has 1 N–H and O–H groups in total. The van der Waals surface area contributed by atoms with Crippen LogP contribution < -0.4 is 10.1 Å². The lowest BCUT2D eigenvalue weighted by molar-refractivity contribution is -0.127. The van der Waals surface area contributed by atoms with Gasteiger partial charge in [-0.2, -0.15) is 0 Å². The molecule has 3 aromatic rings. The molecule has 1 aromatic heterocycles. The van der Waals surface area contributed by atoms with Gasteiger partial charge in [0.2, 0.25) is 5.91 Å². The van der Waals surface area contributed by atoms with Crippen molar-refractivity contribution in [1.29, 1.82) is 0 Å². The molecule has 2 heterocycles. The third-order valence-electron chi connectivity index (χ3n) is 6.40. The number of piperidine rings is 1. The number of ether oxygens (including phenoxy) is 1. The van der Waals surface area contributed by atoms with Gasteiger partial charge in [-0.25, -0.2) is 0 Å². The second-order valence-electron chi connectivity index (χ2n) is 9.05. The van der Waals surface area contributed by atoms with E-state index in [2.05, 4.69) is 15.2 Å². The molecule has 39 heavy (non-hydrogen) atoms. The van der Waals surface area contributed by atoms with Crippen molar-refractivity contribution in [2.75, 3.05) is 26.2 Å². The van der Waals surface area contributed by atoms with Crippen LogP contribution in [0.4, 0.5) is 0 Å². The fraction of sp³-hybridized carbons (Fsp3) is 0.394. The van der Waals surface area contributed by atoms with Crippen LogP contribution in [0.2, 0.25) is 5.02 Å². The van der Waals surface area contributed by atoms with Crippen LogP contribution in [0.5, 0.6) is 5.75 Å². The van der Waals surface area contributed by atoms with Crippen LogP contribution in [0.3, 0.4) is 0 Å². The van der Waals surface area contributed by atoms with Gasteiger partial charge in [-0.15, -0.1) is 0 Å². The van der Waals surface area contributed by atoms with E-state index in [-0.39, 0.29) is 17.9 Å². The number of aromatic nitrogens is 1. The number of likely N-dealkylation sites (tertiary alicyclic amines) is 1. The van der Waals surface area contributed by atoms with Crippen LogP contribution in [0.25, 0.3) is 0 Å². The number of nitrogens with one attached hydrogen (secondary N) is 1. The van der Waals surface area contributed by atoms with Crippen LogP contribution in [0.1, 0.15) is 64.3 Å². The lowest BCUT2D eigenvalue weighted by Crippen LogP contribution is -2.42. The Morgan fingerprint density at radius 1 is 1.00 bits per heavy atom. The molecule has 0 bridgehead atoms. The summed E-state index contributed by atoms with van der Waals surface area (Å²) in [4.78, 5) is 20.1. The van der Waals surface area contributed by atoms with E-state index in [1.807, 2.05) is 113 Å². The van der Waals surface area contributed by atoms with Gasteiger partial charge in [0.1, 0.15) is 5.75 Å². The largest absolute Gasteiger partial charge is 0.494 e. The number of halogens is 1. The number of benzene rings is 2. The quantitative estimate of drug-likeness (QED) is 0.219. The summed E-state index contributed by atoms with van der Waals surface area (Å²) in [6, 6.07) is 23.0. The first kappa shape index (κ1) is 32.1. The molecule has 0 radical (unpaired) electrons. The van der Waals surface area contributed by atoms with Gasteiger partial charge < -0.3 is 15.0 Å². The maximum atomic E-state index is 13.1. The van der Waals surface area contributed by atoms with Gasteiger partial charge in [0.05, 0.1) is 18.3 Å². The number of amides is 1. The fourth-order valence-corrected chi connectivity index (χ4v) is 4.33. The molecule has 6 heteroatoms. The molecule has 1 saturated heterocycles. The third kappa shape index (κ3) is 11.6. The van der Waals surface area contributed by atoms with Crippen LogP contribution in [-0.4, -0.2) is 42.0 Å². The number of pyridine rings is 1. The van der Waals surface area contributed by atoms with E-state index in [0.29, 0.717) is 11.6 Å². The number of nitrogens with zero attached hydrogens (tertiary/aromatic N) is 2. The lowest BCUT2D eigenvalue weighted by Gasteiger charge is -2.32. The van der Waals surface area contributed by atoms with Crippen molar-refractivity contribution in [3.8, 4) is 5.75 Å². The summed E-state index contributed by atoms with van der Waals surface area (Å²) in [6.45, 7) is 11.6. The predicted molar refractivity (Wildman–Crippen MR) is 163 cm³/mol. The van der Waals surface area contributed by atoms with Crippen LogP contribution in [-0.2, 0) is 4.79 Å². The summed E-state index contributed by atoms with van der Waals surface area (Å²) in [6.07, 6.45) is 8.45. The number of rotatable bonds is 9. The van der Waals surface area contributed by atoms with Crippen LogP contribution in [0.15, 0.2) is 91.1 Å². The zero-order chi connectivity index (χ0) is 28.3. The highest BCUT2D eigenvalue weighted by atomic mass is 35.5. The Balaban J connectivity index is 0.000000815. The van der Waals surface area contributed by atoms with E-state index in [9.17, 15) is 4.79 Å². The Labute approximate surface area is 240 Å². The molecular weight excluding hydrogens is 506 g/mol. The Kier molecular flexibility index (Phi) is 15.6. The molecular formula is C33H44ClN3O2. The van der Waals surface area contributed by atoms with Gasteiger partial charge in [0, 0.05) is 23.7 Å². The highest BCUT2D eigenvalue weighted by Gasteiger charge is 2.27.